The van der Waals surface area contributed by atoms with Gasteiger partial charge in [0.15, 0.2) is 0 Å². The molecular formula is C18H24N2O2S. The van der Waals surface area contributed by atoms with Crippen LogP contribution in [-0.4, -0.2) is 64.4 Å². The summed E-state index contributed by atoms with van der Waals surface area (Å²) in [5.41, 5.74) is 1.31. The molecule has 1 aliphatic carbocycles. The molecule has 1 N–H and O–H groups in total. The van der Waals surface area contributed by atoms with E-state index in [0.29, 0.717) is 6.04 Å². The number of benzene rings is 1. The molecule has 0 radical (unpaired) electrons. The van der Waals surface area contributed by atoms with E-state index in [9.17, 15) is 9.90 Å². The molecule has 0 aromatic heterocycles. The molecule has 1 amide bonds. The third-order valence-electron chi connectivity index (χ3n) is 5.46. The number of aliphatic hydroxyl groups excluding tert-OH is 1. The van der Waals surface area contributed by atoms with Crippen molar-refractivity contribution in [2.24, 2.45) is 0 Å². The van der Waals surface area contributed by atoms with Gasteiger partial charge in [-0.05, 0) is 37.3 Å². The summed E-state index contributed by atoms with van der Waals surface area (Å²) < 4.78 is 0. The van der Waals surface area contributed by atoms with E-state index in [-0.39, 0.29) is 17.3 Å². The van der Waals surface area contributed by atoms with Crippen LogP contribution >= 0.6 is 11.8 Å². The SMILES string of the molecule is O=C([C@@H]1Cc2ccccc2S1)N1CCN([C@@H]2CCC[C@@H]2O)CC1. The van der Waals surface area contributed by atoms with Crippen LogP contribution in [0.4, 0.5) is 0 Å². The van der Waals surface area contributed by atoms with Crippen LogP contribution in [0.25, 0.3) is 0 Å². The van der Waals surface area contributed by atoms with Crippen molar-refractivity contribution in [1.29, 1.82) is 0 Å². The summed E-state index contributed by atoms with van der Waals surface area (Å²) >= 11 is 1.72. The highest BCUT2D eigenvalue weighted by Crippen LogP contribution is 2.37. The van der Waals surface area contributed by atoms with Crippen LogP contribution in [0.1, 0.15) is 24.8 Å². The van der Waals surface area contributed by atoms with E-state index in [1.165, 1.54) is 10.5 Å². The summed E-state index contributed by atoms with van der Waals surface area (Å²) in [6.07, 6.45) is 3.85. The average molecular weight is 332 g/mol. The van der Waals surface area contributed by atoms with Crippen molar-refractivity contribution in [3.63, 3.8) is 0 Å². The first-order chi connectivity index (χ1) is 11.2. The Kier molecular flexibility index (Phi) is 4.35. The summed E-state index contributed by atoms with van der Waals surface area (Å²) in [4.78, 5) is 18.5. The molecule has 2 fully saturated rings. The van der Waals surface area contributed by atoms with Crippen molar-refractivity contribution in [3.05, 3.63) is 29.8 Å². The predicted molar refractivity (Wildman–Crippen MR) is 91.6 cm³/mol. The Morgan fingerprint density at radius 2 is 1.91 bits per heavy atom. The van der Waals surface area contributed by atoms with E-state index >= 15 is 0 Å². The largest absolute Gasteiger partial charge is 0.391 e. The molecule has 124 valence electrons. The molecule has 0 unspecified atom stereocenters. The highest BCUT2D eigenvalue weighted by Gasteiger charge is 2.36. The minimum atomic E-state index is -0.169. The number of rotatable bonds is 2. The number of amides is 1. The van der Waals surface area contributed by atoms with Crippen molar-refractivity contribution in [2.75, 3.05) is 26.2 Å². The van der Waals surface area contributed by atoms with E-state index in [0.717, 1.165) is 51.9 Å². The lowest BCUT2D eigenvalue weighted by atomic mass is 10.1. The zero-order valence-electron chi connectivity index (χ0n) is 13.4. The fourth-order valence-corrected chi connectivity index (χ4v) is 5.42. The molecular weight excluding hydrogens is 308 g/mol. The Hall–Kier alpha value is -1.04. The maximum absolute atomic E-state index is 12.8. The average Bonchev–Trinajstić information content (AvgIpc) is 3.20. The zero-order chi connectivity index (χ0) is 15.8. The lowest BCUT2D eigenvalue weighted by Gasteiger charge is -2.39. The monoisotopic (exact) mass is 332 g/mol. The van der Waals surface area contributed by atoms with Gasteiger partial charge in [0.25, 0.3) is 0 Å². The van der Waals surface area contributed by atoms with Crippen molar-refractivity contribution in [2.45, 2.75) is 48.0 Å². The fourth-order valence-electron chi connectivity index (χ4n) is 4.14. The van der Waals surface area contributed by atoms with Gasteiger partial charge in [0, 0.05) is 37.1 Å². The number of hydrogen-bond acceptors (Lipinski definition) is 4. The topological polar surface area (TPSA) is 43.8 Å². The van der Waals surface area contributed by atoms with Crippen molar-refractivity contribution in [3.8, 4) is 0 Å². The molecule has 3 atom stereocenters. The molecule has 1 aromatic rings. The minimum Gasteiger partial charge on any atom is -0.391 e. The molecule has 1 aromatic carbocycles. The second-order valence-electron chi connectivity index (χ2n) is 6.85. The smallest absolute Gasteiger partial charge is 0.236 e. The summed E-state index contributed by atoms with van der Waals surface area (Å²) in [6, 6.07) is 8.67. The van der Waals surface area contributed by atoms with Crippen LogP contribution in [0, 0.1) is 0 Å². The molecule has 2 heterocycles. The van der Waals surface area contributed by atoms with E-state index in [4.69, 9.17) is 0 Å². The molecule has 5 heteroatoms. The second kappa shape index (κ2) is 6.46. The quantitative estimate of drug-likeness (QED) is 0.896. The lowest BCUT2D eigenvalue weighted by Crippen LogP contribution is -2.55. The van der Waals surface area contributed by atoms with Gasteiger partial charge in [0.2, 0.25) is 5.91 Å². The third-order valence-corrected chi connectivity index (χ3v) is 6.77. The molecule has 23 heavy (non-hydrogen) atoms. The van der Waals surface area contributed by atoms with E-state index in [1.54, 1.807) is 11.8 Å². The minimum absolute atomic E-state index is 0.0519. The highest BCUT2D eigenvalue weighted by molar-refractivity contribution is 8.01. The van der Waals surface area contributed by atoms with E-state index in [2.05, 4.69) is 23.1 Å². The van der Waals surface area contributed by atoms with Crippen molar-refractivity contribution >= 4 is 17.7 Å². The standard InChI is InChI=1S/C18H24N2O2S/c21-15-6-3-5-14(15)19-8-10-20(11-9-19)18(22)17-12-13-4-1-2-7-16(13)23-17/h1-2,4,7,14-15,17,21H,3,5-6,8-12H2/t14-,15+,17+/m1/s1. The van der Waals surface area contributed by atoms with Crippen LogP contribution in [0.3, 0.4) is 0 Å². The lowest BCUT2D eigenvalue weighted by molar-refractivity contribution is -0.132. The third kappa shape index (κ3) is 3.02. The van der Waals surface area contributed by atoms with Crippen LogP contribution < -0.4 is 0 Å². The normalized spacial score (nSPS) is 31.3. The number of thioether (sulfide) groups is 1. The van der Waals surface area contributed by atoms with E-state index in [1.807, 2.05) is 11.0 Å². The summed E-state index contributed by atoms with van der Waals surface area (Å²) in [6.45, 7) is 3.40. The van der Waals surface area contributed by atoms with Crippen molar-refractivity contribution in [1.82, 2.24) is 9.80 Å². The number of hydrogen-bond donors (Lipinski definition) is 1. The van der Waals surface area contributed by atoms with Gasteiger partial charge in [-0.25, -0.2) is 0 Å². The maximum atomic E-state index is 12.8. The summed E-state index contributed by atoms with van der Waals surface area (Å²) in [5, 5.41) is 10.1. The number of carbonyl (C=O) groups excluding carboxylic acids is 1. The second-order valence-corrected chi connectivity index (χ2v) is 8.09. The van der Waals surface area contributed by atoms with Gasteiger partial charge < -0.3 is 10.0 Å². The summed E-state index contributed by atoms with van der Waals surface area (Å²) in [5.74, 6) is 0.290. The number of fused-ring (bicyclic) bond motifs is 1. The van der Waals surface area contributed by atoms with Crippen molar-refractivity contribution < 1.29 is 9.90 Å². The first-order valence-electron chi connectivity index (χ1n) is 8.68. The molecule has 0 bridgehead atoms. The van der Waals surface area contributed by atoms with Gasteiger partial charge in [0.05, 0.1) is 11.4 Å². The first kappa shape index (κ1) is 15.5. The van der Waals surface area contributed by atoms with Crippen LogP contribution in [-0.2, 0) is 11.2 Å². The maximum Gasteiger partial charge on any atom is 0.236 e. The fraction of sp³-hybridized carbons (Fsp3) is 0.611. The molecule has 4 rings (SSSR count). The van der Waals surface area contributed by atoms with Gasteiger partial charge >= 0.3 is 0 Å². The van der Waals surface area contributed by atoms with Gasteiger partial charge in [-0.3, -0.25) is 9.69 Å². The summed E-state index contributed by atoms with van der Waals surface area (Å²) in [7, 11) is 0. The Morgan fingerprint density at radius 3 is 2.61 bits per heavy atom. The molecule has 3 aliphatic rings. The Balaban J connectivity index is 1.33. The molecule has 4 nitrogen and oxygen atoms in total. The Labute approximate surface area is 141 Å². The van der Waals surface area contributed by atoms with Gasteiger partial charge in [-0.2, -0.15) is 0 Å². The first-order valence-corrected chi connectivity index (χ1v) is 9.56. The Bertz CT molecular complexity index is 561. The van der Waals surface area contributed by atoms with Crippen LogP contribution in [0.2, 0.25) is 0 Å². The van der Waals surface area contributed by atoms with Crippen LogP contribution in [0.15, 0.2) is 29.2 Å². The Morgan fingerprint density at radius 1 is 1.13 bits per heavy atom. The van der Waals surface area contributed by atoms with E-state index < -0.39 is 0 Å². The number of nitrogens with zero attached hydrogens (tertiary/aromatic N) is 2. The van der Waals surface area contributed by atoms with Gasteiger partial charge in [-0.1, -0.05) is 18.2 Å². The van der Waals surface area contributed by atoms with Gasteiger partial charge in [0.1, 0.15) is 0 Å². The number of aliphatic hydroxyl groups is 1. The zero-order valence-corrected chi connectivity index (χ0v) is 14.2. The van der Waals surface area contributed by atoms with Gasteiger partial charge in [-0.15, -0.1) is 11.8 Å². The molecule has 0 spiro atoms. The van der Waals surface area contributed by atoms with Crippen LogP contribution in [0.5, 0.6) is 0 Å². The molecule has 1 saturated heterocycles. The molecule has 2 aliphatic heterocycles. The number of carbonyl (C=O) groups is 1. The molecule has 1 saturated carbocycles. The number of piperazine rings is 1. The predicted octanol–water partition coefficient (Wildman–Crippen LogP) is 1.76. The highest BCUT2D eigenvalue weighted by atomic mass is 32.2.